The zero-order valence-electron chi connectivity index (χ0n) is 17.5. The zero-order valence-corrected chi connectivity index (χ0v) is 17.5. The highest BCUT2D eigenvalue weighted by molar-refractivity contribution is 5.84. The molecular weight excluding hydrogens is 427 g/mol. The number of carbonyl (C=O) groups is 2. The first kappa shape index (κ1) is 23.1. The fourth-order valence-corrected chi connectivity index (χ4v) is 3.29. The molecule has 1 aromatic heterocycles. The molecule has 2 aromatic carbocycles. The Balaban J connectivity index is 1.94. The molecule has 0 aliphatic heterocycles. The number of carboxylic acid groups (broad SMARTS) is 1. The van der Waals surface area contributed by atoms with E-state index in [2.05, 4.69) is 4.98 Å². The van der Waals surface area contributed by atoms with Gasteiger partial charge in [0.05, 0.1) is 17.1 Å². The molecule has 1 N–H and O–H groups in total. The van der Waals surface area contributed by atoms with Gasteiger partial charge in [0, 0.05) is 12.1 Å². The molecule has 0 saturated carbocycles. The van der Waals surface area contributed by atoms with Crippen molar-refractivity contribution >= 4 is 22.9 Å². The molecule has 0 aliphatic carbocycles. The van der Waals surface area contributed by atoms with Gasteiger partial charge in [0.2, 0.25) is 11.7 Å². The summed E-state index contributed by atoms with van der Waals surface area (Å²) in [4.78, 5) is 29.0. The van der Waals surface area contributed by atoms with Crippen molar-refractivity contribution in [2.24, 2.45) is 0 Å². The number of fused-ring (bicyclic) bond motifs is 1. The second-order valence-corrected chi connectivity index (χ2v) is 7.43. The topological polar surface area (TPSA) is 84.7 Å². The molecule has 32 heavy (non-hydrogen) atoms. The molecule has 0 fully saturated rings. The van der Waals surface area contributed by atoms with E-state index < -0.39 is 37.0 Å². The average molecular weight is 449 g/mol. The lowest BCUT2D eigenvalue weighted by atomic mass is 10.1. The minimum Gasteiger partial charge on any atom is -0.491 e. The Morgan fingerprint density at radius 2 is 1.78 bits per heavy atom. The number of alkyl halides is 3. The number of nitrogens with zero attached hydrogens (tertiary/aromatic N) is 3. The maximum Gasteiger partial charge on any atom is 0.449 e. The minimum atomic E-state index is -4.78. The van der Waals surface area contributed by atoms with E-state index in [1.165, 1.54) is 12.1 Å². The molecule has 3 rings (SSSR count). The molecule has 0 bridgehead atoms. The maximum absolute atomic E-state index is 13.6. The van der Waals surface area contributed by atoms with Gasteiger partial charge in [0.1, 0.15) is 18.8 Å². The van der Waals surface area contributed by atoms with Crippen LogP contribution in [0.2, 0.25) is 0 Å². The van der Waals surface area contributed by atoms with Crippen molar-refractivity contribution in [3.63, 3.8) is 0 Å². The highest BCUT2D eigenvalue weighted by atomic mass is 19.4. The van der Waals surface area contributed by atoms with Gasteiger partial charge in [0.15, 0.2) is 0 Å². The highest BCUT2D eigenvalue weighted by Gasteiger charge is 2.38. The maximum atomic E-state index is 13.6. The van der Waals surface area contributed by atoms with Crippen molar-refractivity contribution in [1.82, 2.24) is 14.5 Å². The molecule has 0 atom stereocenters. The van der Waals surface area contributed by atoms with Crippen LogP contribution < -0.4 is 4.74 Å². The van der Waals surface area contributed by atoms with Crippen LogP contribution in [0.25, 0.3) is 11.0 Å². The number of carbonyl (C=O) groups excluding carboxylic acids is 1. The average Bonchev–Trinajstić information content (AvgIpc) is 3.07. The molecule has 0 aliphatic rings. The van der Waals surface area contributed by atoms with Crippen LogP contribution in [0.15, 0.2) is 48.5 Å². The number of halogens is 3. The Morgan fingerprint density at radius 1 is 1.12 bits per heavy atom. The summed E-state index contributed by atoms with van der Waals surface area (Å²) < 4.78 is 47.1. The number of imidazole rings is 1. The molecule has 1 amide bonds. The summed E-state index contributed by atoms with van der Waals surface area (Å²) in [6, 6.07) is 12.7. The van der Waals surface area contributed by atoms with E-state index in [4.69, 9.17) is 4.74 Å². The first-order valence-corrected chi connectivity index (χ1v) is 9.83. The molecule has 0 spiro atoms. The van der Waals surface area contributed by atoms with Crippen LogP contribution in [0.5, 0.6) is 5.75 Å². The van der Waals surface area contributed by atoms with Crippen LogP contribution in [-0.4, -0.2) is 44.1 Å². The molecular formula is C22H22F3N3O4. The minimum absolute atomic E-state index is 0.0908. The van der Waals surface area contributed by atoms with Gasteiger partial charge in [-0.15, -0.1) is 0 Å². The summed E-state index contributed by atoms with van der Waals surface area (Å²) in [6.45, 7) is 2.11. The number of carboxylic acids is 1. The third-order valence-electron chi connectivity index (χ3n) is 4.58. The number of hydrogen-bond donors (Lipinski definition) is 1. The second-order valence-electron chi connectivity index (χ2n) is 7.43. The summed E-state index contributed by atoms with van der Waals surface area (Å²) in [5.74, 6) is -2.83. The van der Waals surface area contributed by atoms with E-state index in [1.807, 2.05) is 13.8 Å². The summed E-state index contributed by atoms with van der Waals surface area (Å²) in [5, 5.41) is 9.28. The second kappa shape index (κ2) is 9.29. The monoisotopic (exact) mass is 449 g/mol. The van der Waals surface area contributed by atoms with Crippen LogP contribution >= 0.6 is 0 Å². The Bertz CT molecular complexity index is 1130. The molecule has 170 valence electrons. The predicted octanol–water partition coefficient (Wildman–Crippen LogP) is 3.96. The van der Waals surface area contributed by atoms with Gasteiger partial charge in [-0.1, -0.05) is 30.3 Å². The van der Waals surface area contributed by atoms with Gasteiger partial charge in [-0.25, -0.2) is 4.98 Å². The highest BCUT2D eigenvalue weighted by Crippen LogP contribution is 2.31. The summed E-state index contributed by atoms with van der Waals surface area (Å²) in [5.41, 5.74) is 0.766. The van der Waals surface area contributed by atoms with Gasteiger partial charge in [-0.2, -0.15) is 13.2 Å². The third-order valence-corrected chi connectivity index (χ3v) is 4.58. The van der Waals surface area contributed by atoms with Crippen LogP contribution in [-0.2, 0) is 28.9 Å². The number of aliphatic carboxylic acids is 1. The predicted molar refractivity (Wildman–Crippen MR) is 110 cm³/mol. The fraction of sp³-hybridized carbons (Fsp3) is 0.318. The molecule has 3 aromatic rings. The first-order valence-electron chi connectivity index (χ1n) is 9.83. The largest absolute Gasteiger partial charge is 0.491 e. The molecule has 7 nitrogen and oxygen atoms in total. The van der Waals surface area contributed by atoms with Crippen molar-refractivity contribution in [1.29, 1.82) is 0 Å². The smallest absolute Gasteiger partial charge is 0.449 e. The molecule has 10 heteroatoms. The summed E-state index contributed by atoms with van der Waals surface area (Å²) in [6.07, 6.45) is -4.94. The molecule has 0 unspecified atom stereocenters. The third kappa shape index (κ3) is 5.37. The van der Waals surface area contributed by atoms with Crippen molar-refractivity contribution in [3.05, 3.63) is 59.9 Å². The first-order chi connectivity index (χ1) is 15.1. The number of benzene rings is 2. The van der Waals surface area contributed by atoms with Crippen molar-refractivity contribution < 1.29 is 32.6 Å². The number of ether oxygens (including phenoxy) is 1. The van der Waals surface area contributed by atoms with Crippen LogP contribution in [0.1, 0.15) is 25.2 Å². The number of hydrogen-bond acceptors (Lipinski definition) is 4. The molecule has 0 radical (unpaired) electrons. The van der Waals surface area contributed by atoms with E-state index in [9.17, 15) is 27.9 Å². The quantitative estimate of drug-likeness (QED) is 0.563. The Labute approximate surface area is 182 Å². The van der Waals surface area contributed by atoms with Gasteiger partial charge >= 0.3 is 12.1 Å². The fourth-order valence-electron chi connectivity index (χ4n) is 3.29. The number of amides is 1. The van der Waals surface area contributed by atoms with E-state index in [0.29, 0.717) is 11.3 Å². The van der Waals surface area contributed by atoms with Gasteiger partial charge in [-0.05, 0) is 32.0 Å². The Hall–Kier alpha value is -3.56. The van der Waals surface area contributed by atoms with Crippen molar-refractivity contribution in [3.8, 4) is 5.75 Å². The van der Waals surface area contributed by atoms with Crippen LogP contribution in [0.4, 0.5) is 13.2 Å². The van der Waals surface area contributed by atoms with Crippen molar-refractivity contribution in [2.45, 2.75) is 39.2 Å². The SMILES string of the molecule is CC(C)Oc1ccccc1CN(CC(=O)O)C(=O)Cn1c(C(F)(F)F)nc2ccccc21. The van der Waals surface area contributed by atoms with E-state index in [0.717, 1.165) is 9.47 Å². The standard InChI is InChI=1S/C22H22F3N3O4/c1-14(2)32-18-10-6-3-7-15(18)11-27(13-20(30)31)19(29)12-28-17-9-5-4-8-16(17)26-21(28)22(23,24)25/h3-10,14H,11-13H2,1-2H3,(H,30,31). The normalized spacial score (nSPS) is 11.7. The lowest BCUT2D eigenvalue weighted by molar-refractivity contribution is -0.150. The Kier molecular flexibility index (Phi) is 6.71. The van der Waals surface area contributed by atoms with Gasteiger partial charge < -0.3 is 19.3 Å². The number of rotatable bonds is 8. The summed E-state index contributed by atoms with van der Waals surface area (Å²) in [7, 11) is 0. The lowest BCUT2D eigenvalue weighted by Crippen LogP contribution is -2.38. The van der Waals surface area contributed by atoms with E-state index in [-0.39, 0.29) is 23.7 Å². The summed E-state index contributed by atoms with van der Waals surface area (Å²) >= 11 is 0. The Morgan fingerprint density at radius 3 is 2.44 bits per heavy atom. The van der Waals surface area contributed by atoms with Crippen LogP contribution in [0.3, 0.4) is 0 Å². The number of para-hydroxylation sites is 3. The van der Waals surface area contributed by atoms with Crippen LogP contribution in [0, 0.1) is 0 Å². The zero-order chi connectivity index (χ0) is 23.5. The lowest BCUT2D eigenvalue weighted by Gasteiger charge is -2.24. The van der Waals surface area contributed by atoms with Crippen molar-refractivity contribution in [2.75, 3.05) is 6.54 Å². The van der Waals surface area contributed by atoms with E-state index >= 15 is 0 Å². The number of aromatic nitrogens is 2. The van der Waals surface area contributed by atoms with Gasteiger partial charge in [0.25, 0.3) is 0 Å². The molecule has 0 saturated heterocycles. The molecule has 1 heterocycles. The van der Waals surface area contributed by atoms with E-state index in [1.54, 1.807) is 36.4 Å². The van der Waals surface area contributed by atoms with Gasteiger partial charge in [-0.3, -0.25) is 9.59 Å².